The number of benzene rings is 2. The van der Waals surface area contributed by atoms with Crippen molar-refractivity contribution in [2.45, 2.75) is 6.10 Å². The van der Waals surface area contributed by atoms with Gasteiger partial charge < -0.3 is 9.64 Å². The highest BCUT2D eigenvalue weighted by Gasteiger charge is 2.21. The molecule has 1 aliphatic rings. The highest BCUT2D eigenvalue weighted by molar-refractivity contribution is 5.46. The number of para-hydroxylation sites is 1. The minimum Gasteiger partial charge on any atom is -0.370 e. The Morgan fingerprint density at radius 2 is 1.56 bits per heavy atom. The number of rotatable bonds is 2. The Kier molecular flexibility index (Phi) is 3.29. The molecule has 2 heteroatoms. The molecule has 0 aromatic heterocycles. The lowest BCUT2D eigenvalue weighted by Gasteiger charge is -2.34. The molecule has 2 aromatic rings. The molecule has 1 aliphatic heterocycles. The first-order valence-electron chi connectivity index (χ1n) is 6.40. The Hall–Kier alpha value is -1.80. The fourth-order valence-corrected chi connectivity index (χ4v) is 2.39. The highest BCUT2D eigenvalue weighted by atomic mass is 16.5. The Balaban J connectivity index is 1.77. The molecule has 2 aromatic carbocycles. The zero-order valence-corrected chi connectivity index (χ0v) is 10.3. The van der Waals surface area contributed by atoms with Crippen LogP contribution in [0.4, 0.5) is 5.69 Å². The van der Waals surface area contributed by atoms with E-state index in [0.29, 0.717) is 0 Å². The number of ether oxygens (including phenoxy) is 1. The summed E-state index contributed by atoms with van der Waals surface area (Å²) in [6, 6.07) is 21.0. The zero-order chi connectivity index (χ0) is 12.2. The predicted molar refractivity (Wildman–Crippen MR) is 73.8 cm³/mol. The summed E-state index contributed by atoms with van der Waals surface area (Å²) in [6.45, 7) is 2.68. The smallest absolute Gasteiger partial charge is 0.100 e. The van der Waals surface area contributed by atoms with Crippen molar-refractivity contribution in [1.82, 2.24) is 0 Å². The van der Waals surface area contributed by atoms with Crippen LogP contribution in [0.5, 0.6) is 0 Å². The summed E-state index contributed by atoms with van der Waals surface area (Å²) in [5, 5.41) is 0. The normalized spacial score (nSPS) is 19.8. The average molecular weight is 239 g/mol. The molecule has 0 spiro atoms. The van der Waals surface area contributed by atoms with Crippen molar-refractivity contribution in [3.8, 4) is 0 Å². The van der Waals surface area contributed by atoms with Gasteiger partial charge in [-0.2, -0.15) is 0 Å². The number of hydrogen-bond donors (Lipinski definition) is 0. The van der Waals surface area contributed by atoms with Gasteiger partial charge in [-0.1, -0.05) is 48.5 Å². The van der Waals surface area contributed by atoms with Gasteiger partial charge in [0.25, 0.3) is 0 Å². The summed E-state index contributed by atoms with van der Waals surface area (Å²) in [7, 11) is 0. The molecule has 1 fully saturated rings. The minimum atomic E-state index is 0.181. The van der Waals surface area contributed by atoms with Crippen molar-refractivity contribution in [2.75, 3.05) is 24.6 Å². The predicted octanol–water partition coefficient (Wildman–Crippen LogP) is 3.26. The van der Waals surface area contributed by atoms with Crippen LogP contribution in [-0.2, 0) is 4.74 Å². The number of hydrogen-bond acceptors (Lipinski definition) is 2. The Morgan fingerprint density at radius 1 is 0.889 bits per heavy atom. The first kappa shape index (κ1) is 11.3. The maximum Gasteiger partial charge on any atom is 0.100 e. The monoisotopic (exact) mass is 239 g/mol. The van der Waals surface area contributed by atoms with Crippen molar-refractivity contribution in [1.29, 1.82) is 0 Å². The molecule has 2 nitrogen and oxygen atoms in total. The first-order valence-corrected chi connectivity index (χ1v) is 6.40. The molecule has 1 heterocycles. The van der Waals surface area contributed by atoms with Crippen molar-refractivity contribution < 1.29 is 4.74 Å². The van der Waals surface area contributed by atoms with Gasteiger partial charge in [-0.25, -0.2) is 0 Å². The van der Waals surface area contributed by atoms with E-state index in [1.807, 2.05) is 6.07 Å². The van der Waals surface area contributed by atoms with Gasteiger partial charge in [0.1, 0.15) is 6.10 Å². The number of morpholine rings is 1. The van der Waals surface area contributed by atoms with E-state index in [4.69, 9.17) is 4.74 Å². The second-order valence-electron chi connectivity index (χ2n) is 4.55. The van der Waals surface area contributed by atoms with E-state index in [-0.39, 0.29) is 6.10 Å². The van der Waals surface area contributed by atoms with Gasteiger partial charge in [0.2, 0.25) is 0 Å². The van der Waals surface area contributed by atoms with Crippen LogP contribution >= 0.6 is 0 Å². The summed E-state index contributed by atoms with van der Waals surface area (Å²) in [5.41, 5.74) is 2.54. The van der Waals surface area contributed by atoms with Crippen LogP contribution in [0.3, 0.4) is 0 Å². The Labute approximate surface area is 108 Å². The van der Waals surface area contributed by atoms with E-state index in [2.05, 4.69) is 59.5 Å². The van der Waals surface area contributed by atoms with Gasteiger partial charge in [-0.15, -0.1) is 0 Å². The highest BCUT2D eigenvalue weighted by Crippen LogP contribution is 2.25. The van der Waals surface area contributed by atoms with Crippen LogP contribution in [0.15, 0.2) is 60.7 Å². The third kappa shape index (κ3) is 2.39. The Bertz CT molecular complexity index is 437. The fraction of sp³-hybridized carbons (Fsp3) is 0.250. The summed E-state index contributed by atoms with van der Waals surface area (Å²) in [5.74, 6) is 0. The first-order chi connectivity index (χ1) is 8.93. The molecule has 18 heavy (non-hydrogen) atoms. The molecule has 92 valence electrons. The maximum atomic E-state index is 5.87. The molecule has 1 unspecified atom stereocenters. The summed E-state index contributed by atoms with van der Waals surface area (Å²) in [6.07, 6.45) is 0.181. The molecule has 0 bridgehead atoms. The molecular formula is C16H17NO. The van der Waals surface area contributed by atoms with Gasteiger partial charge in [0.15, 0.2) is 0 Å². The summed E-state index contributed by atoms with van der Waals surface area (Å²) < 4.78 is 5.87. The van der Waals surface area contributed by atoms with Crippen molar-refractivity contribution in [3.63, 3.8) is 0 Å². The number of nitrogens with zero attached hydrogens (tertiary/aromatic N) is 1. The lowest BCUT2D eigenvalue weighted by Crippen LogP contribution is -2.38. The SMILES string of the molecule is c1ccc(C2CN(c3ccccc3)CCO2)cc1. The van der Waals surface area contributed by atoms with E-state index < -0.39 is 0 Å². The molecule has 1 atom stereocenters. The van der Waals surface area contributed by atoms with E-state index in [1.54, 1.807) is 0 Å². The van der Waals surface area contributed by atoms with E-state index in [0.717, 1.165) is 19.7 Å². The minimum absolute atomic E-state index is 0.181. The second-order valence-corrected chi connectivity index (χ2v) is 4.55. The molecule has 0 saturated carbocycles. The van der Waals surface area contributed by atoms with Crippen molar-refractivity contribution in [2.24, 2.45) is 0 Å². The fourth-order valence-electron chi connectivity index (χ4n) is 2.39. The van der Waals surface area contributed by atoms with Crippen LogP contribution in [0, 0.1) is 0 Å². The van der Waals surface area contributed by atoms with Crippen molar-refractivity contribution >= 4 is 5.69 Å². The number of anilines is 1. The topological polar surface area (TPSA) is 12.5 Å². The molecule has 3 rings (SSSR count). The average Bonchev–Trinajstić information content (AvgIpc) is 2.49. The molecule has 0 N–H and O–H groups in total. The standard InChI is InChI=1S/C16H17NO/c1-3-7-14(8-4-1)16-13-17(11-12-18-16)15-9-5-2-6-10-15/h1-10,16H,11-13H2. The third-order valence-corrected chi connectivity index (χ3v) is 3.36. The molecule has 1 saturated heterocycles. The van der Waals surface area contributed by atoms with Gasteiger partial charge in [0.05, 0.1) is 6.61 Å². The quantitative estimate of drug-likeness (QED) is 0.797. The maximum absolute atomic E-state index is 5.87. The molecule has 0 radical (unpaired) electrons. The van der Waals surface area contributed by atoms with Crippen molar-refractivity contribution in [3.05, 3.63) is 66.2 Å². The Morgan fingerprint density at radius 3 is 2.28 bits per heavy atom. The third-order valence-electron chi connectivity index (χ3n) is 3.36. The molecule has 0 aliphatic carbocycles. The van der Waals surface area contributed by atoms with Gasteiger partial charge in [0, 0.05) is 18.8 Å². The van der Waals surface area contributed by atoms with Crippen LogP contribution in [0.2, 0.25) is 0 Å². The van der Waals surface area contributed by atoms with E-state index in [9.17, 15) is 0 Å². The summed E-state index contributed by atoms with van der Waals surface area (Å²) >= 11 is 0. The van der Waals surface area contributed by atoms with Crippen LogP contribution in [0.25, 0.3) is 0 Å². The second kappa shape index (κ2) is 5.23. The zero-order valence-electron chi connectivity index (χ0n) is 10.3. The largest absolute Gasteiger partial charge is 0.370 e. The van der Waals surface area contributed by atoms with E-state index in [1.165, 1.54) is 11.3 Å². The van der Waals surface area contributed by atoms with E-state index >= 15 is 0 Å². The molecular weight excluding hydrogens is 222 g/mol. The van der Waals surface area contributed by atoms with Gasteiger partial charge >= 0.3 is 0 Å². The van der Waals surface area contributed by atoms with Crippen LogP contribution in [-0.4, -0.2) is 19.7 Å². The lowest BCUT2D eigenvalue weighted by atomic mass is 10.1. The van der Waals surface area contributed by atoms with Gasteiger partial charge in [-0.3, -0.25) is 0 Å². The van der Waals surface area contributed by atoms with Gasteiger partial charge in [-0.05, 0) is 17.7 Å². The van der Waals surface area contributed by atoms with Crippen LogP contribution < -0.4 is 4.90 Å². The summed E-state index contributed by atoms with van der Waals surface area (Å²) in [4.78, 5) is 2.39. The molecule has 0 amide bonds. The van der Waals surface area contributed by atoms with Crippen LogP contribution in [0.1, 0.15) is 11.7 Å². The lowest BCUT2D eigenvalue weighted by molar-refractivity contribution is 0.0398.